The molecule has 33 heavy (non-hydrogen) atoms. The normalized spacial score (nSPS) is 16.1. The van der Waals surface area contributed by atoms with Crippen molar-refractivity contribution >= 4 is 51.4 Å². The molecule has 1 aliphatic heterocycles. The third kappa shape index (κ3) is 5.04. The fraction of sp³-hybridized carbons (Fsp3) is 0.375. The van der Waals surface area contributed by atoms with Gasteiger partial charge in [0.1, 0.15) is 11.9 Å². The van der Waals surface area contributed by atoms with E-state index in [4.69, 9.17) is 17.0 Å². The molecule has 9 heteroatoms. The topological polar surface area (TPSA) is 77.7 Å². The number of nitrogens with zero attached hydrogens (tertiary/aromatic N) is 2. The zero-order valence-corrected chi connectivity index (χ0v) is 20.6. The molecule has 0 bridgehead atoms. The van der Waals surface area contributed by atoms with Crippen LogP contribution in [0.4, 0.5) is 10.5 Å². The van der Waals surface area contributed by atoms with Crippen molar-refractivity contribution in [2.75, 3.05) is 18.6 Å². The van der Waals surface area contributed by atoms with Crippen LogP contribution in [0, 0.1) is 3.95 Å². The minimum atomic E-state index is -0.361. The highest BCUT2D eigenvalue weighted by Crippen LogP contribution is 2.27. The molecule has 1 fully saturated rings. The molecule has 3 amide bonds. The Kier molecular flexibility index (Phi) is 6.99. The van der Waals surface area contributed by atoms with Gasteiger partial charge in [-0.25, -0.2) is 4.79 Å². The summed E-state index contributed by atoms with van der Waals surface area (Å²) < 4.78 is 6.90. The van der Waals surface area contributed by atoms with Gasteiger partial charge in [0.2, 0.25) is 0 Å². The predicted octanol–water partition coefficient (Wildman–Crippen LogP) is 5.54. The lowest BCUT2D eigenvalue weighted by Gasteiger charge is -2.38. The van der Waals surface area contributed by atoms with E-state index in [0.29, 0.717) is 21.8 Å². The highest BCUT2D eigenvalue weighted by molar-refractivity contribution is 7.73. The molecule has 2 aromatic carbocycles. The van der Waals surface area contributed by atoms with Gasteiger partial charge in [-0.1, -0.05) is 0 Å². The molecule has 0 radical (unpaired) electrons. The number of fused-ring (bicyclic) bond motifs is 1. The number of piperidine rings is 1. The van der Waals surface area contributed by atoms with Crippen LogP contribution in [-0.4, -0.2) is 47.7 Å². The van der Waals surface area contributed by atoms with E-state index in [1.54, 1.807) is 41.2 Å². The minimum Gasteiger partial charge on any atom is -0.497 e. The van der Waals surface area contributed by atoms with Crippen LogP contribution in [0.25, 0.3) is 10.2 Å². The molecule has 0 aliphatic carbocycles. The van der Waals surface area contributed by atoms with Crippen molar-refractivity contribution in [2.24, 2.45) is 0 Å². The molecule has 1 unspecified atom stereocenters. The van der Waals surface area contributed by atoms with Crippen molar-refractivity contribution in [3.05, 3.63) is 52.0 Å². The molecular weight excluding hydrogens is 456 g/mol. The Morgan fingerprint density at radius 1 is 1.21 bits per heavy atom. The van der Waals surface area contributed by atoms with E-state index in [-0.39, 0.29) is 24.1 Å². The highest BCUT2D eigenvalue weighted by atomic mass is 32.1. The Bertz CT molecular complexity index is 1200. The summed E-state index contributed by atoms with van der Waals surface area (Å²) in [7, 11) is 1.60. The lowest BCUT2D eigenvalue weighted by molar-refractivity contribution is 0.0581. The standard InChI is InChI=1S/C24H28N4O3S2/c1-15(2)28(17-9-12-19-20(14-17)33-24(32)25-19)23(30)26-21-6-4-5-13-27(21)22(29)16-7-10-18(31-3)11-8-16/h7-12,14-15,21H,4-6,13H2,1-3H3,(H,25,32)(H,26,30). The molecule has 4 rings (SSSR count). The number of ether oxygens (including phenoxy) is 1. The van der Waals surface area contributed by atoms with Gasteiger partial charge in [0.05, 0.1) is 17.3 Å². The van der Waals surface area contributed by atoms with Crippen LogP contribution in [0.5, 0.6) is 5.75 Å². The fourth-order valence-electron chi connectivity index (χ4n) is 4.17. The lowest BCUT2D eigenvalue weighted by atomic mass is 10.1. The maximum atomic E-state index is 13.4. The van der Waals surface area contributed by atoms with Crippen molar-refractivity contribution in [3.8, 4) is 5.75 Å². The third-order valence-corrected chi connectivity index (χ3v) is 7.01. The van der Waals surface area contributed by atoms with Gasteiger partial charge in [0, 0.05) is 23.8 Å². The molecule has 1 aliphatic rings. The molecule has 3 aromatic rings. The van der Waals surface area contributed by atoms with Gasteiger partial charge in [0.25, 0.3) is 5.91 Å². The Labute approximate surface area is 202 Å². The zero-order valence-electron chi connectivity index (χ0n) is 19.0. The molecule has 1 atom stereocenters. The molecule has 2 heterocycles. The lowest BCUT2D eigenvalue weighted by Crippen LogP contribution is -2.57. The van der Waals surface area contributed by atoms with E-state index in [9.17, 15) is 9.59 Å². The quantitative estimate of drug-likeness (QED) is 0.466. The molecule has 0 spiro atoms. The number of amides is 3. The zero-order chi connectivity index (χ0) is 23.5. The average molecular weight is 485 g/mol. The van der Waals surface area contributed by atoms with Crippen molar-refractivity contribution in [1.29, 1.82) is 0 Å². The van der Waals surface area contributed by atoms with E-state index in [1.807, 2.05) is 32.0 Å². The molecule has 1 saturated heterocycles. The number of carbonyl (C=O) groups excluding carboxylic acids is 2. The number of anilines is 1. The summed E-state index contributed by atoms with van der Waals surface area (Å²) in [5, 5.41) is 3.12. The first-order valence-corrected chi connectivity index (χ1v) is 12.3. The number of benzene rings is 2. The Hall–Kier alpha value is -2.91. The van der Waals surface area contributed by atoms with Crippen molar-refractivity contribution in [1.82, 2.24) is 15.2 Å². The Morgan fingerprint density at radius 2 is 1.97 bits per heavy atom. The van der Waals surface area contributed by atoms with Gasteiger partial charge in [0.15, 0.2) is 3.95 Å². The summed E-state index contributed by atoms with van der Waals surface area (Å²) in [5.41, 5.74) is 2.34. The number of hydrogen-bond acceptors (Lipinski definition) is 5. The van der Waals surface area contributed by atoms with Crippen LogP contribution in [0.1, 0.15) is 43.5 Å². The largest absolute Gasteiger partial charge is 0.497 e. The van der Waals surface area contributed by atoms with Gasteiger partial charge in [-0.05, 0) is 87.8 Å². The molecule has 0 saturated carbocycles. The number of aromatic amines is 1. The van der Waals surface area contributed by atoms with Gasteiger partial charge in [-0.3, -0.25) is 9.69 Å². The number of aromatic nitrogens is 1. The summed E-state index contributed by atoms with van der Waals surface area (Å²) in [6, 6.07) is 12.6. The summed E-state index contributed by atoms with van der Waals surface area (Å²) >= 11 is 6.74. The average Bonchev–Trinajstić information content (AvgIpc) is 3.18. The smallest absolute Gasteiger partial charge is 0.323 e. The SMILES string of the molecule is COc1ccc(C(=O)N2CCCCC2NC(=O)N(c2ccc3[nH]c(=S)sc3c2)C(C)C)cc1. The number of nitrogens with one attached hydrogen (secondary N) is 2. The fourth-order valence-corrected chi connectivity index (χ4v) is 5.32. The summed E-state index contributed by atoms with van der Waals surface area (Å²) in [4.78, 5) is 33.3. The summed E-state index contributed by atoms with van der Waals surface area (Å²) in [6.45, 7) is 4.56. The van der Waals surface area contributed by atoms with Gasteiger partial charge < -0.3 is 19.9 Å². The Balaban J connectivity index is 1.55. The second-order valence-corrected chi connectivity index (χ2v) is 10.1. The first-order valence-electron chi connectivity index (χ1n) is 11.0. The maximum absolute atomic E-state index is 13.4. The van der Waals surface area contributed by atoms with Crippen LogP contribution in [0.2, 0.25) is 0 Å². The second kappa shape index (κ2) is 9.93. The van der Waals surface area contributed by atoms with E-state index in [0.717, 1.165) is 35.2 Å². The number of thiazole rings is 1. The highest BCUT2D eigenvalue weighted by Gasteiger charge is 2.31. The number of urea groups is 1. The molecule has 1 aromatic heterocycles. The molecule has 174 valence electrons. The first kappa shape index (κ1) is 23.3. The van der Waals surface area contributed by atoms with Crippen LogP contribution in [0.15, 0.2) is 42.5 Å². The summed E-state index contributed by atoms with van der Waals surface area (Å²) in [5.74, 6) is 0.610. The second-order valence-electron chi connectivity index (χ2n) is 8.35. The van der Waals surface area contributed by atoms with Crippen LogP contribution < -0.4 is 15.0 Å². The van der Waals surface area contributed by atoms with Crippen LogP contribution in [-0.2, 0) is 0 Å². The number of methoxy groups -OCH3 is 1. The van der Waals surface area contributed by atoms with Crippen molar-refractivity contribution in [3.63, 3.8) is 0 Å². The van der Waals surface area contributed by atoms with E-state index < -0.39 is 0 Å². The third-order valence-electron chi connectivity index (χ3n) is 5.81. The van der Waals surface area contributed by atoms with Gasteiger partial charge in [-0.2, -0.15) is 0 Å². The molecule has 7 nitrogen and oxygen atoms in total. The van der Waals surface area contributed by atoms with Gasteiger partial charge in [-0.15, -0.1) is 11.3 Å². The monoisotopic (exact) mass is 484 g/mol. The Morgan fingerprint density at radius 3 is 2.67 bits per heavy atom. The maximum Gasteiger partial charge on any atom is 0.323 e. The van der Waals surface area contributed by atoms with Crippen molar-refractivity contribution in [2.45, 2.75) is 45.3 Å². The van der Waals surface area contributed by atoms with Gasteiger partial charge >= 0.3 is 6.03 Å². The number of rotatable bonds is 5. The number of carbonyl (C=O) groups is 2. The van der Waals surface area contributed by atoms with E-state index in [2.05, 4.69) is 10.3 Å². The first-order chi connectivity index (χ1) is 15.9. The number of hydrogen-bond donors (Lipinski definition) is 2. The number of likely N-dealkylation sites (tertiary alicyclic amines) is 1. The summed E-state index contributed by atoms with van der Waals surface area (Å²) in [6.07, 6.45) is 2.23. The van der Waals surface area contributed by atoms with Crippen LogP contribution in [0.3, 0.4) is 0 Å². The molecule has 2 N–H and O–H groups in total. The van der Waals surface area contributed by atoms with E-state index in [1.165, 1.54) is 11.3 Å². The van der Waals surface area contributed by atoms with Crippen LogP contribution >= 0.6 is 23.6 Å². The van der Waals surface area contributed by atoms with E-state index >= 15 is 0 Å². The predicted molar refractivity (Wildman–Crippen MR) is 135 cm³/mol. The number of H-pyrrole nitrogens is 1. The van der Waals surface area contributed by atoms with Crippen molar-refractivity contribution < 1.29 is 14.3 Å². The molecular formula is C24H28N4O3S2. The minimum absolute atomic E-state index is 0.0660.